The summed E-state index contributed by atoms with van der Waals surface area (Å²) in [6, 6.07) is 12.4. The van der Waals surface area contributed by atoms with Gasteiger partial charge in [0.1, 0.15) is 5.76 Å². The number of hydrogen-bond acceptors (Lipinski definition) is 6. The molecule has 1 saturated heterocycles. The van der Waals surface area contributed by atoms with Crippen molar-refractivity contribution < 1.29 is 19.6 Å². The number of carbonyl (C=O) groups excluding carboxylic acids is 2. The van der Waals surface area contributed by atoms with Crippen LogP contribution in [0.3, 0.4) is 0 Å². The average molecular weight is 522 g/mol. The molecule has 0 radical (unpaired) electrons. The Morgan fingerprint density at radius 2 is 1.61 bits per heavy atom. The van der Waals surface area contributed by atoms with Crippen LogP contribution >= 0.6 is 0 Å². The summed E-state index contributed by atoms with van der Waals surface area (Å²) in [5, 5.41) is 22.5. The van der Waals surface area contributed by atoms with Crippen molar-refractivity contribution in [3.05, 3.63) is 80.9 Å². The Morgan fingerprint density at radius 1 is 0.974 bits per heavy atom. The summed E-state index contributed by atoms with van der Waals surface area (Å²) in [4.78, 5) is 41.2. The van der Waals surface area contributed by atoms with Crippen LogP contribution in [0.5, 0.6) is 0 Å². The number of nitro groups is 1. The van der Waals surface area contributed by atoms with Gasteiger partial charge in [-0.3, -0.25) is 19.7 Å². The van der Waals surface area contributed by atoms with E-state index in [9.17, 15) is 24.8 Å². The van der Waals surface area contributed by atoms with Crippen LogP contribution in [0.4, 0.5) is 5.69 Å². The van der Waals surface area contributed by atoms with Gasteiger partial charge in [-0.1, -0.05) is 70.0 Å². The number of unbranched alkanes of at least 4 members (excludes halogenated alkanes) is 2. The standard InChI is InChI=1S/C30H39N3O5/c1-4-7-17-31(18-8-5-2)19-10-20-32-27(23-15-13-22(6-3)14-16-23)26(29(35)30(32)36)28(34)24-11-9-12-25(21-24)33(37)38/h9,11-16,21,27,34H,4-8,10,17-20H2,1-3H3/t27-/m0/s1. The summed E-state index contributed by atoms with van der Waals surface area (Å²) in [5.41, 5.74) is 1.74. The lowest BCUT2D eigenvalue weighted by Crippen LogP contribution is -2.34. The third-order valence-corrected chi connectivity index (χ3v) is 7.10. The van der Waals surface area contributed by atoms with E-state index in [2.05, 4.69) is 18.7 Å². The summed E-state index contributed by atoms with van der Waals surface area (Å²) < 4.78 is 0. The van der Waals surface area contributed by atoms with E-state index in [0.29, 0.717) is 13.0 Å². The number of likely N-dealkylation sites (tertiary alicyclic amines) is 1. The quantitative estimate of drug-likeness (QED) is 0.110. The van der Waals surface area contributed by atoms with Crippen LogP contribution in [-0.4, -0.2) is 57.7 Å². The first kappa shape index (κ1) is 29.0. The molecule has 2 aromatic rings. The van der Waals surface area contributed by atoms with Crippen molar-refractivity contribution in [1.82, 2.24) is 9.80 Å². The number of nitro benzene ring substituents is 1. The molecule has 0 unspecified atom stereocenters. The van der Waals surface area contributed by atoms with Gasteiger partial charge in [-0.2, -0.15) is 0 Å². The topological polar surface area (TPSA) is 104 Å². The Hall–Kier alpha value is -3.52. The summed E-state index contributed by atoms with van der Waals surface area (Å²) in [5.74, 6) is -1.82. The highest BCUT2D eigenvalue weighted by Gasteiger charge is 2.45. The molecule has 1 amide bonds. The molecule has 204 valence electrons. The zero-order valence-corrected chi connectivity index (χ0v) is 22.7. The minimum Gasteiger partial charge on any atom is -0.507 e. The minimum atomic E-state index is -0.771. The Bertz CT molecular complexity index is 1150. The first-order valence-electron chi connectivity index (χ1n) is 13.7. The van der Waals surface area contributed by atoms with E-state index in [1.54, 1.807) is 4.90 Å². The number of amides is 1. The average Bonchev–Trinajstić information content (AvgIpc) is 3.18. The van der Waals surface area contributed by atoms with E-state index in [-0.39, 0.29) is 16.8 Å². The van der Waals surface area contributed by atoms with Crippen LogP contribution in [0.1, 0.15) is 75.6 Å². The fraction of sp³-hybridized carbons (Fsp3) is 0.467. The van der Waals surface area contributed by atoms with Gasteiger partial charge >= 0.3 is 0 Å². The van der Waals surface area contributed by atoms with Crippen molar-refractivity contribution in [2.45, 2.75) is 65.3 Å². The van der Waals surface area contributed by atoms with Gasteiger partial charge in [0.15, 0.2) is 0 Å². The van der Waals surface area contributed by atoms with E-state index in [1.165, 1.54) is 24.3 Å². The van der Waals surface area contributed by atoms with Crippen LogP contribution in [0, 0.1) is 10.1 Å². The summed E-state index contributed by atoms with van der Waals surface area (Å²) in [7, 11) is 0. The number of hydrogen-bond donors (Lipinski definition) is 1. The molecule has 1 atom stereocenters. The number of carbonyl (C=O) groups is 2. The number of Topliss-reactive ketones (excluding diaryl/α,β-unsaturated/α-hetero) is 1. The summed E-state index contributed by atoms with van der Waals surface area (Å²) in [6.45, 7) is 9.58. The van der Waals surface area contributed by atoms with Crippen LogP contribution < -0.4 is 0 Å². The van der Waals surface area contributed by atoms with E-state index in [1.807, 2.05) is 31.2 Å². The third kappa shape index (κ3) is 6.86. The maximum atomic E-state index is 13.3. The van der Waals surface area contributed by atoms with Crippen LogP contribution in [0.15, 0.2) is 54.1 Å². The number of ketones is 1. The maximum Gasteiger partial charge on any atom is 0.295 e. The highest BCUT2D eigenvalue weighted by molar-refractivity contribution is 6.46. The minimum absolute atomic E-state index is 0.0337. The molecular formula is C30H39N3O5. The Kier molecular flexibility index (Phi) is 10.6. The molecule has 8 heteroatoms. The normalized spacial score (nSPS) is 16.9. The van der Waals surface area contributed by atoms with Gasteiger partial charge in [0.2, 0.25) is 0 Å². The van der Waals surface area contributed by atoms with Crippen molar-refractivity contribution in [2.75, 3.05) is 26.2 Å². The van der Waals surface area contributed by atoms with Crippen molar-refractivity contribution in [3.63, 3.8) is 0 Å². The molecule has 1 fully saturated rings. The van der Waals surface area contributed by atoms with E-state index in [0.717, 1.165) is 62.9 Å². The monoisotopic (exact) mass is 521 g/mol. The summed E-state index contributed by atoms with van der Waals surface area (Å²) >= 11 is 0. The smallest absolute Gasteiger partial charge is 0.295 e. The number of aliphatic hydroxyl groups excluding tert-OH is 1. The predicted octanol–water partition coefficient (Wildman–Crippen LogP) is 5.87. The van der Waals surface area contributed by atoms with Gasteiger partial charge in [-0.15, -0.1) is 0 Å². The molecule has 38 heavy (non-hydrogen) atoms. The van der Waals surface area contributed by atoms with Gasteiger partial charge in [-0.25, -0.2) is 0 Å². The second kappa shape index (κ2) is 13.9. The molecule has 1 heterocycles. The number of rotatable bonds is 14. The number of nitrogens with zero attached hydrogens (tertiary/aromatic N) is 3. The lowest BCUT2D eigenvalue weighted by atomic mass is 9.94. The molecule has 8 nitrogen and oxygen atoms in total. The first-order valence-corrected chi connectivity index (χ1v) is 13.7. The molecule has 0 bridgehead atoms. The molecule has 0 spiro atoms. The number of aryl methyl sites for hydroxylation is 1. The molecule has 1 aliphatic heterocycles. The maximum absolute atomic E-state index is 13.3. The Morgan fingerprint density at radius 3 is 2.18 bits per heavy atom. The summed E-state index contributed by atoms with van der Waals surface area (Å²) in [6.07, 6.45) is 5.99. The lowest BCUT2D eigenvalue weighted by Gasteiger charge is -2.27. The van der Waals surface area contributed by atoms with Gasteiger partial charge in [-0.05, 0) is 56.4 Å². The number of benzene rings is 2. The van der Waals surface area contributed by atoms with Crippen LogP contribution in [-0.2, 0) is 16.0 Å². The molecule has 0 aromatic heterocycles. The Labute approximate surface area is 225 Å². The molecule has 1 aliphatic rings. The van der Waals surface area contributed by atoms with Crippen molar-refractivity contribution in [3.8, 4) is 0 Å². The van der Waals surface area contributed by atoms with E-state index >= 15 is 0 Å². The largest absolute Gasteiger partial charge is 0.507 e. The molecule has 1 N–H and O–H groups in total. The van der Waals surface area contributed by atoms with Gasteiger partial charge in [0.25, 0.3) is 17.4 Å². The van der Waals surface area contributed by atoms with Crippen LogP contribution in [0.2, 0.25) is 0 Å². The predicted molar refractivity (Wildman–Crippen MR) is 149 cm³/mol. The van der Waals surface area contributed by atoms with Crippen molar-refractivity contribution in [2.24, 2.45) is 0 Å². The third-order valence-electron chi connectivity index (χ3n) is 7.10. The highest BCUT2D eigenvalue weighted by Crippen LogP contribution is 2.40. The van der Waals surface area contributed by atoms with Gasteiger partial charge in [0.05, 0.1) is 16.5 Å². The first-order chi connectivity index (χ1) is 18.3. The molecule has 2 aromatic carbocycles. The zero-order valence-electron chi connectivity index (χ0n) is 22.7. The number of aliphatic hydroxyl groups is 1. The van der Waals surface area contributed by atoms with E-state index < -0.39 is 28.4 Å². The molecule has 0 saturated carbocycles. The van der Waals surface area contributed by atoms with Gasteiger partial charge < -0.3 is 14.9 Å². The molecule has 0 aliphatic carbocycles. The number of non-ortho nitro benzene ring substituents is 1. The SMILES string of the molecule is CCCCN(CCCC)CCCN1C(=O)C(=O)C(=C(O)c2cccc([N+](=O)[O-])c2)[C@@H]1c1ccc(CC)cc1. The second-order valence-electron chi connectivity index (χ2n) is 9.80. The lowest BCUT2D eigenvalue weighted by molar-refractivity contribution is -0.384. The van der Waals surface area contributed by atoms with Crippen molar-refractivity contribution >= 4 is 23.1 Å². The Balaban J connectivity index is 1.96. The van der Waals surface area contributed by atoms with Crippen LogP contribution in [0.25, 0.3) is 5.76 Å². The van der Waals surface area contributed by atoms with E-state index in [4.69, 9.17) is 0 Å². The fourth-order valence-electron chi connectivity index (χ4n) is 4.88. The van der Waals surface area contributed by atoms with Gasteiger partial charge in [0, 0.05) is 24.2 Å². The second-order valence-corrected chi connectivity index (χ2v) is 9.80. The fourth-order valence-corrected chi connectivity index (χ4v) is 4.88. The zero-order chi connectivity index (χ0) is 27.7. The molecular weight excluding hydrogens is 482 g/mol. The molecule has 3 rings (SSSR count). The highest BCUT2D eigenvalue weighted by atomic mass is 16.6. The van der Waals surface area contributed by atoms with Crippen molar-refractivity contribution in [1.29, 1.82) is 0 Å².